The Morgan fingerprint density at radius 2 is 2.03 bits per heavy atom. The number of rotatable bonds is 3. The van der Waals surface area contributed by atoms with Crippen molar-refractivity contribution in [2.45, 2.75) is 40.0 Å². The summed E-state index contributed by atoms with van der Waals surface area (Å²) < 4.78 is 10.2. The molecule has 0 bridgehead atoms. The van der Waals surface area contributed by atoms with Crippen molar-refractivity contribution in [3.8, 4) is 0 Å². The molecule has 0 aromatic heterocycles. The van der Waals surface area contributed by atoms with Gasteiger partial charge in [-0.25, -0.2) is 4.79 Å². The van der Waals surface area contributed by atoms with Crippen molar-refractivity contribution in [2.75, 3.05) is 13.2 Å². The average Bonchev–Trinajstić information content (AvgIpc) is 2.92. The zero-order valence-corrected chi connectivity index (χ0v) is 17.6. The van der Waals surface area contributed by atoms with E-state index in [1.165, 1.54) is 13.0 Å². The zero-order valence-electron chi connectivity index (χ0n) is 16.8. The highest BCUT2D eigenvalue weighted by atomic mass is 35.5. The van der Waals surface area contributed by atoms with Gasteiger partial charge in [-0.15, -0.1) is 0 Å². The molecule has 7 heteroatoms. The van der Waals surface area contributed by atoms with Gasteiger partial charge >= 0.3 is 11.9 Å². The second-order valence-corrected chi connectivity index (χ2v) is 9.68. The molecule has 4 aliphatic rings. The molecule has 29 heavy (non-hydrogen) atoms. The molecule has 2 saturated carbocycles. The van der Waals surface area contributed by atoms with Crippen LogP contribution in [0.25, 0.3) is 0 Å². The van der Waals surface area contributed by atoms with E-state index in [0.717, 1.165) is 12.0 Å². The van der Waals surface area contributed by atoms with Crippen LogP contribution >= 0.6 is 11.6 Å². The van der Waals surface area contributed by atoms with E-state index in [-0.39, 0.29) is 49.0 Å². The first-order valence-corrected chi connectivity index (χ1v) is 10.4. The molecule has 156 valence electrons. The standard InChI is InChI=1S/C22H25ClO6/c1-11(24)28-9-18(26)15-7-17(25)20-12-6-16(23)14-8-19(27)29-10-22(14,3)13(12)4-5-21(15,20)2/h6,8,12-13,15,20H,4-5,7,9-10H2,1-3H3/t12-,13+,15-,20-,21-,22-/m1/s1. The molecule has 3 aliphatic carbocycles. The molecule has 0 N–H and O–H groups in total. The minimum atomic E-state index is -0.505. The molecule has 2 fully saturated rings. The summed E-state index contributed by atoms with van der Waals surface area (Å²) in [6.45, 7) is 5.27. The number of cyclic esters (lactones) is 1. The Morgan fingerprint density at radius 1 is 1.31 bits per heavy atom. The number of esters is 2. The van der Waals surface area contributed by atoms with Gasteiger partial charge in [0.2, 0.25) is 0 Å². The number of fused-ring (bicyclic) bond motifs is 5. The molecule has 6 nitrogen and oxygen atoms in total. The highest BCUT2D eigenvalue weighted by Crippen LogP contribution is 2.64. The number of halogens is 1. The topological polar surface area (TPSA) is 86.7 Å². The molecule has 0 aromatic rings. The van der Waals surface area contributed by atoms with E-state index < -0.39 is 28.7 Å². The van der Waals surface area contributed by atoms with Crippen LogP contribution < -0.4 is 0 Å². The molecule has 0 amide bonds. The molecule has 6 atom stereocenters. The first-order chi connectivity index (χ1) is 13.6. The van der Waals surface area contributed by atoms with E-state index in [9.17, 15) is 19.2 Å². The van der Waals surface area contributed by atoms with Crippen molar-refractivity contribution >= 4 is 35.1 Å². The zero-order chi connectivity index (χ0) is 21.1. The number of ketones is 2. The van der Waals surface area contributed by atoms with Gasteiger partial charge in [-0.05, 0) is 35.7 Å². The van der Waals surface area contributed by atoms with E-state index in [0.29, 0.717) is 11.5 Å². The number of allylic oxidation sites excluding steroid dienone is 2. The molecule has 0 aromatic carbocycles. The highest BCUT2D eigenvalue weighted by molar-refractivity contribution is 6.32. The maximum atomic E-state index is 13.1. The lowest BCUT2D eigenvalue weighted by Crippen LogP contribution is -2.53. The number of Topliss-reactive ketones (excluding diaryl/α,β-unsaturated/α-hetero) is 2. The Bertz CT molecular complexity index is 873. The van der Waals surface area contributed by atoms with Crippen LogP contribution in [0.1, 0.15) is 40.0 Å². The fraction of sp³-hybridized carbons (Fsp3) is 0.636. The van der Waals surface area contributed by atoms with Gasteiger partial charge in [-0.1, -0.05) is 31.5 Å². The maximum absolute atomic E-state index is 13.1. The van der Waals surface area contributed by atoms with Gasteiger partial charge < -0.3 is 9.47 Å². The summed E-state index contributed by atoms with van der Waals surface area (Å²) in [5, 5.41) is 0.497. The number of hydrogen-bond donors (Lipinski definition) is 0. The Hall–Kier alpha value is -1.95. The first kappa shape index (κ1) is 20.3. The summed E-state index contributed by atoms with van der Waals surface area (Å²) in [7, 11) is 0. The highest BCUT2D eigenvalue weighted by Gasteiger charge is 2.63. The van der Waals surface area contributed by atoms with Gasteiger partial charge in [0.25, 0.3) is 0 Å². The molecule has 1 heterocycles. The molecular formula is C22H25ClO6. The summed E-state index contributed by atoms with van der Waals surface area (Å²) in [5.41, 5.74) is -0.147. The third kappa shape index (κ3) is 2.98. The number of carbonyl (C=O) groups is 4. The van der Waals surface area contributed by atoms with E-state index in [2.05, 4.69) is 0 Å². The molecule has 1 aliphatic heterocycles. The van der Waals surface area contributed by atoms with Crippen molar-refractivity contribution in [3.05, 3.63) is 22.8 Å². The number of ether oxygens (including phenoxy) is 2. The van der Waals surface area contributed by atoms with Crippen molar-refractivity contribution < 1.29 is 28.7 Å². The minimum Gasteiger partial charge on any atom is -0.462 e. The second kappa shape index (κ2) is 6.79. The van der Waals surface area contributed by atoms with E-state index in [1.54, 1.807) is 0 Å². The van der Waals surface area contributed by atoms with Crippen molar-refractivity contribution in [3.63, 3.8) is 0 Å². The van der Waals surface area contributed by atoms with E-state index in [4.69, 9.17) is 21.1 Å². The van der Waals surface area contributed by atoms with E-state index in [1.807, 2.05) is 19.9 Å². The van der Waals surface area contributed by atoms with Crippen molar-refractivity contribution in [1.82, 2.24) is 0 Å². The van der Waals surface area contributed by atoms with Gasteiger partial charge in [0.15, 0.2) is 5.78 Å². The van der Waals surface area contributed by atoms with Crippen LogP contribution in [0.4, 0.5) is 0 Å². The summed E-state index contributed by atoms with van der Waals surface area (Å²) in [4.78, 5) is 48.8. The van der Waals surface area contributed by atoms with Gasteiger partial charge in [0.05, 0.1) is 0 Å². The summed E-state index contributed by atoms with van der Waals surface area (Å²) in [5.74, 6) is -1.81. The third-order valence-electron chi connectivity index (χ3n) is 7.71. The largest absolute Gasteiger partial charge is 0.462 e. The lowest BCUT2D eigenvalue weighted by atomic mass is 9.49. The van der Waals surface area contributed by atoms with Crippen LogP contribution in [0.5, 0.6) is 0 Å². The third-order valence-corrected chi connectivity index (χ3v) is 8.04. The van der Waals surface area contributed by atoms with Crippen LogP contribution in [0.3, 0.4) is 0 Å². The van der Waals surface area contributed by atoms with Gasteiger partial charge in [0, 0.05) is 41.7 Å². The molecule has 0 radical (unpaired) electrons. The Kier molecular flexibility index (Phi) is 4.76. The Balaban J connectivity index is 1.69. The number of hydrogen-bond acceptors (Lipinski definition) is 6. The second-order valence-electron chi connectivity index (χ2n) is 9.27. The Labute approximate surface area is 174 Å². The first-order valence-electron chi connectivity index (χ1n) is 10.0. The van der Waals surface area contributed by atoms with Crippen molar-refractivity contribution in [2.24, 2.45) is 34.5 Å². The van der Waals surface area contributed by atoms with Crippen LogP contribution in [-0.2, 0) is 28.7 Å². The molecule has 0 unspecified atom stereocenters. The molecule has 0 spiro atoms. The Morgan fingerprint density at radius 3 is 2.72 bits per heavy atom. The fourth-order valence-corrected chi connectivity index (χ4v) is 6.68. The van der Waals surface area contributed by atoms with Crippen LogP contribution in [0, 0.1) is 34.5 Å². The van der Waals surface area contributed by atoms with Crippen LogP contribution in [0.15, 0.2) is 22.8 Å². The summed E-state index contributed by atoms with van der Waals surface area (Å²) >= 11 is 6.58. The quantitative estimate of drug-likeness (QED) is 0.652. The average molecular weight is 421 g/mol. The molecule has 4 rings (SSSR count). The van der Waals surface area contributed by atoms with Crippen LogP contribution in [0.2, 0.25) is 0 Å². The monoisotopic (exact) mass is 420 g/mol. The summed E-state index contributed by atoms with van der Waals surface area (Å²) in [6.07, 6.45) is 5.06. The minimum absolute atomic E-state index is 0.0629. The van der Waals surface area contributed by atoms with E-state index >= 15 is 0 Å². The SMILES string of the molecule is CC(=O)OCC(=O)[C@H]1CC(=O)[C@H]2[C@@H]3C=C(Cl)C4=CC(=O)OC[C@]4(C)[C@H]3CC[C@]12C. The predicted octanol–water partition coefficient (Wildman–Crippen LogP) is 2.98. The predicted molar refractivity (Wildman–Crippen MR) is 104 cm³/mol. The summed E-state index contributed by atoms with van der Waals surface area (Å²) in [6, 6.07) is 0. The lowest BCUT2D eigenvalue weighted by Gasteiger charge is -2.55. The normalized spacial score (nSPS) is 40.7. The van der Waals surface area contributed by atoms with Gasteiger partial charge in [-0.2, -0.15) is 0 Å². The fourth-order valence-electron chi connectivity index (χ4n) is 6.26. The van der Waals surface area contributed by atoms with Gasteiger partial charge in [-0.3, -0.25) is 14.4 Å². The van der Waals surface area contributed by atoms with Crippen molar-refractivity contribution in [1.29, 1.82) is 0 Å². The van der Waals surface area contributed by atoms with Gasteiger partial charge in [0.1, 0.15) is 19.0 Å². The lowest BCUT2D eigenvalue weighted by molar-refractivity contribution is -0.150. The smallest absolute Gasteiger partial charge is 0.331 e. The number of carbonyl (C=O) groups excluding carboxylic acids is 4. The molecule has 0 saturated heterocycles. The molecular weight excluding hydrogens is 396 g/mol. The van der Waals surface area contributed by atoms with Crippen LogP contribution in [-0.4, -0.2) is 36.7 Å². The maximum Gasteiger partial charge on any atom is 0.331 e.